The summed E-state index contributed by atoms with van der Waals surface area (Å²) in [5.74, 6) is 4.24. The van der Waals surface area contributed by atoms with Gasteiger partial charge in [0.2, 0.25) is 0 Å². The Bertz CT molecular complexity index is 739. The van der Waals surface area contributed by atoms with E-state index in [2.05, 4.69) is 26.8 Å². The lowest BCUT2D eigenvalue weighted by Crippen LogP contribution is -2.51. The van der Waals surface area contributed by atoms with Crippen LogP contribution in [0.15, 0.2) is 11.6 Å². The zero-order valence-electron chi connectivity index (χ0n) is 20.5. The zero-order chi connectivity index (χ0) is 22.4. The lowest BCUT2D eigenvalue weighted by Gasteiger charge is -2.58. The van der Waals surface area contributed by atoms with Crippen molar-refractivity contribution in [2.45, 2.75) is 111 Å². The van der Waals surface area contributed by atoms with E-state index in [1.165, 1.54) is 44.9 Å². The number of Topliss-reactive ketones (excluding diaryl/α,β-unsaturated/α-hetero) is 1. The number of hydrogen-bond acceptors (Lipinski definition) is 3. The Morgan fingerprint density at radius 3 is 2.58 bits per heavy atom. The number of esters is 1. The SMILES string of the molecule is CC(=O)CCC[C@H](C)[C@@H]1CC[C@@H]2[C@@H]3CC=C4C[C@@H](OC(C)=O)CC[C@]4(C)[C@@H]3CC[C@@]21C. The highest BCUT2D eigenvalue weighted by atomic mass is 16.5. The van der Waals surface area contributed by atoms with E-state index in [1.54, 1.807) is 19.4 Å². The van der Waals surface area contributed by atoms with Gasteiger partial charge in [0.1, 0.15) is 11.9 Å². The average molecular weight is 429 g/mol. The monoisotopic (exact) mass is 428 g/mol. The lowest BCUT2D eigenvalue weighted by molar-refractivity contribution is -0.148. The van der Waals surface area contributed by atoms with Crippen molar-refractivity contribution in [1.29, 1.82) is 0 Å². The van der Waals surface area contributed by atoms with Crippen molar-refractivity contribution in [3.8, 4) is 0 Å². The Labute approximate surface area is 189 Å². The van der Waals surface area contributed by atoms with Crippen LogP contribution in [0.25, 0.3) is 0 Å². The second-order valence-corrected chi connectivity index (χ2v) is 12.0. The molecule has 0 aliphatic heterocycles. The molecule has 0 heterocycles. The van der Waals surface area contributed by atoms with Gasteiger partial charge in [0.25, 0.3) is 0 Å². The minimum absolute atomic E-state index is 0.0916. The lowest BCUT2D eigenvalue weighted by atomic mass is 9.47. The van der Waals surface area contributed by atoms with Crippen LogP contribution in [-0.2, 0) is 14.3 Å². The fourth-order valence-corrected chi connectivity index (χ4v) is 8.81. The first-order valence-electron chi connectivity index (χ1n) is 13.0. The van der Waals surface area contributed by atoms with E-state index in [0.29, 0.717) is 16.6 Å². The first-order valence-corrected chi connectivity index (χ1v) is 13.0. The minimum Gasteiger partial charge on any atom is -0.462 e. The van der Waals surface area contributed by atoms with E-state index in [1.807, 2.05) is 0 Å². The Kier molecular flexibility index (Phi) is 6.45. The molecular weight excluding hydrogens is 384 g/mol. The second kappa shape index (κ2) is 8.67. The summed E-state index contributed by atoms with van der Waals surface area (Å²) in [6, 6.07) is 0. The molecule has 0 bridgehead atoms. The van der Waals surface area contributed by atoms with Crippen molar-refractivity contribution in [3.63, 3.8) is 0 Å². The topological polar surface area (TPSA) is 43.4 Å². The number of allylic oxidation sites excluding steroid dienone is 1. The average Bonchev–Trinajstić information content (AvgIpc) is 3.05. The summed E-state index contributed by atoms with van der Waals surface area (Å²) in [5.41, 5.74) is 2.38. The van der Waals surface area contributed by atoms with Crippen molar-refractivity contribution >= 4 is 11.8 Å². The van der Waals surface area contributed by atoms with Crippen LogP contribution in [0.5, 0.6) is 0 Å². The van der Waals surface area contributed by atoms with Gasteiger partial charge in [0, 0.05) is 19.8 Å². The molecule has 0 saturated heterocycles. The number of hydrogen-bond donors (Lipinski definition) is 0. The molecule has 8 atom stereocenters. The fraction of sp³-hybridized carbons (Fsp3) is 0.857. The van der Waals surface area contributed by atoms with Gasteiger partial charge >= 0.3 is 5.97 Å². The van der Waals surface area contributed by atoms with Crippen LogP contribution >= 0.6 is 0 Å². The number of ketones is 1. The van der Waals surface area contributed by atoms with Gasteiger partial charge in [-0.1, -0.05) is 38.8 Å². The molecule has 4 rings (SSSR count). The largest absolute Gasteiger partial charge is 0.462 e. The minimum atomic E-state index is -0.134. The molecular formula is C28H44O3. The van der Waals surface area contributed by atoms with Gasteiger partial charge < -0.3 is 9.53 Å². The first kappa shape index (κ1) is 23.1. The summed E-state index contributed by atoms with van der Waals surface area (Å²) in [4.78, 5) is 22.8. The molecule has 0 aromatic rings. The molecule has 0 aromatic carbocycles. The molecule has 3 saturated carbocycles. The first-order chi connectivity index (χ1) is 14.6. The Morgan fingerprint density at radius 1 is 1.10 bits per heavy atom. The van der Waals surface area contributed by atoms with Crippen molar-refractivity contribution in [1.82, 2.24) is 0 Å². The molecule has 0 spiro atoms. The van der Waals surface area contributed by atoms with Crippen molar-refractivity contribution in [2.24, 2.45) is 40.4 Å². The number of fused-ring (bicyclic) bond motifs is 5. The molecule has 0 aromatic heterocycles. The number of rotatable bonds is 6. The third-order valence-electron chi connectivity index (χ3n) is 10.3. The summed E-state index contributed by atoms with van der Waals surface area (Å²) in [7, 11) is 0. The molecule has 3 fully saturated rings. The highest BCUT2D eigenvalue weighted by Gasteiger charge is 2.59. The number of carbonyl (C=O) groups is 2. The van der Waals surface area contributed by atoms with E-state index >= 15 is 0 Å². The van der Waals surface area contributed by atoms with Crippen LogP contribution in [0.3, 0.4) is 0 Å². The highest BCUT2D eigenvalue weighted by Crippen LogP contribution is 2.67. The van der Waals surface area contributed by atoms with Gasteiger partial charge in [0.05, 0.1) is 0 Å². The fourth-order valence-electron chi connectivity index (χ4n) is 8.81. The smallest absolute Gasteiger partial charge is 0.302 e. The Hall–Kier alpha value is -1.12. The predicted octanol–water partition coefficient (Wildman–Crippen LogP) is 6.89. The summed E-state index contributed by atoms with van der Waals surface area (Å²) in [5, 5.41) is 0. The maximum absolute atomic E-state index is 11.5. The van der Waals surface area contributed by atoms with E-state index in [4.69, 9.17) is 4.74 Å². The molecule has 3 heteroatoms. The maximum atomic E-state index is 11.5. The third-order valence-corrected chi connectivity index (χ3v) is 10.3. The molecule has 31 heavy (non-hydrogen) atoms. The predicted molar refractivity (Wildman–Crippen MR) is 124 cm³/mol. The quantitative estimate of drug-likeness (QED) is 0.342. The summed E-state index contributed by atoms with van der Waals surface area (Å²) >= 11 is 0. The van der Waals surface area contributed by atoms with Crippen molar-refractivity contribution < 1.29 is 14.3 Å². The van der Waals surface area contributed by atoms with E-state index in [0.717, 1.165) is 55.3 Å². The van der Waals surface area contributed by atoms with E-state index in [-0.39, 0.29) is 12.1 Å². The van der Waals surface area contributed by atoms with Crippen LogP contribution in [-0.4, -0.2) is 17.9 Å². The molecule has 174 valence electrons. The summed E-state index contributed by atoms with van der Waals surface area (Å²) in [6.07, 6.45) is 15.6. The van der Waals surface area contributed by atoms with Gasteiger partial charge in [-0.15, -0.1) is 0 Å². The van der Waals surface area contributed by atoms with Crippen molar-refractivity contribution in [2.75, 3.05) is 0 Å². The van der Waals surface area contributed by atoms with Gasteiger partial charge in [0.15, 0.2) is 0 Å². The molecule has 0 amide bonds. The van der Waals surface area contributed by atoms with Crippen LogP contribution in [0.1, 0.15) is 105 Å². The normalized spacial score (nSPS) is 42.6. The van der Waals surface area contributed by atoms with Gasteiger partial charge in [-0.3, -0.25) is 4.79 Å². The Balaban J connectivity index is 1.47. The summed E-state index contributed by atoms with van der Waals surface area (Å²) in [6.45, 7) is 10.9. The van der Waals surface area contributed by atoms with Gasteiger partial charge in [-0.05, 0) is 98.7 Å². The summed E-state index contributed by atoms with van der Waals surface area (Å²) < 4.78 is 5.59. The molecule has 0 N–H and O–H groups in total. The van der Waals surface area contributed by atoms with Crippen molar-refractivity contribution in [3.05, 3.63) is 11.6 Å². The second-order valence-electron chi connectivity index (χ2n) is 12.0. The zero-order valence-corrected chi connectivity index (χ0v) is 20.5. The third kappa shape index (κ3) is 4.15. The number of carbonyl (C=O) groups excluding carboxylic acids is 2. The van der Waals surface area contributed by atoms with E-state index < -0.39 is 0 Å². The molecule has 4 aliphatic carbocycles. The standard InChI is InChI=1S/C28H44O3/c1-18(7-6-8-19(2)29)24-11-12-25-23-10-9-21-17-22(31-20(3)30)13-15-27(21,4)26(23)14-16-28(24,25)5/h9,18,22-26H,6-8,10-17H2,1-5H3/t18-,22-,23-,24-,25+,26+,27-,28+/m0/s1. The van der Waals surface area contributed by atoms with E-state index in [9.17, 15) is 9.59 Å². The number of ether oxygens (including phenoxy) is 1. The van der Waals surface area contributed by atoms with Crippen LogP contribution in [0.2, 0.25) is 0 Å². The Morgan fingerprint density at radius 2 is 1.87 bits per heavy atom. The molecule has 3 nitrogen and oxygen atoms in total. The molecule has 0 radical (unpaired) electrons. The highest BCUT2D eigenvalue weighted by molar-refractivity contribution is 5.75. The van der Waals surface area contributed by atoms with Gasteiger partial charge in [-0.25, -0.2) is 0 Å². The molecule has 0 unspecified atom stereocenters. The maximum Gasteiger partial charge on any atom is 0.302 e. The van der Waals surface area contributed by atoms with Crippen LogP contribution in [0, 0.1) is 40.4 Å². The van der Waals surface area contributed by atoms with Crippen LogP contribution in [0.4, 0.5) is 0 Å². The molecule has 4 aliphatic rings. The van der Waals surface area contributed by atoms with Gasteiger partial charge in [-0.2, -0.15) is 0 Å². The van der Waals surface area contributed by atoms with Crippen LogP contribution < -0.4 is 0 Å².